The fourth-order valence-corrected chi connectivity index (χ4v) is 1.68. The average molecular weight is 186 g/mol. The lowest BCUT2D eigenvalue weighted by Gasteiger charge is -2.26. The molecular weight excluding hydrogens is 164 g/mol. The Hall–Kier alpha value is -0.120. The highest BCUT2D eigenvalue weighted by atomic mass is 16.5. The molecule has 1 fully saturated rings. The van der Waals surface area contributed by atoms with Gasteiger partial charge in [0.1, 0.15) is 0 Å². The molecule has 2 unspecified atom stereocenters. The topological polar surface area (TPSA) is 24.5 Å². The molecule has 1 heterocycles. The first-order valence-electron chi connectivity index (χ1n) is 5.10. The number of hydrogen-bond donors (Lipinski definition) is 1. The molecule has 3 nitrogen and oxygen atoms in total. The zero-order chi connectivity index (χ0) is 9.84. The van der Waals surface area contributed by atoms with Gasteiger partial charge in [0.25, 0.3) is 0 Å². The molecule has 0 aliphatic carbocycles. The monoisotopic (exact) mass is 186 g/mol. The molecule has 0 aromatic rings. The molecule has 78 valence electrons. The minimum atomic E-state index is 0.543. The van der Waals surface area contributed by atoms with Crippen LogP contribution in [0.2, 0.25) is 0 Å². The summed E-state index contributed by atoms with van der Waals surface area (Å²) in [6.45, 7) is 7.35. The minimum Gasteiger partial charge on any atom is -0.379 e. The van der Waals surface area contributed by atoms with Crippen LogP contribution in [0.5, 0.6) is 0 Å². The molecule has 1 N–H and O–H groups in total. The van der Waals surface area contributed by atoms with Crippen LogP contribution in [0.1, 0.15) is 13.8 Å². The lowest BCUT2D eigenvalue weighted by atomic mass is 10.0. The highest BCUT2D eigenvalue weighted by Crippen LogP contribution is 2.15. The molecule has 0 aromatic heterocycles. The van der Waals surface area contributed by atoms with Gasteiger partial charge in [0.05, 0.1) is 13.2 Å². The van der Waals surface area contributed by atoms with E-state index in [9.17, 15) is 0 Å². The van der Waals surface area contributed by atoms with Crippen molar-refractivity contribution >= 4 is 0 Å². The van der Waals surface area contributed by atoms with Gasteiger partial charge in [0, 0.05) is 24.5 Å². The van der Waals surface area contributed by atoms with E-state index in [1.165, 1.54) is 0 Å². The Morgan fingerprint density at radius 3 is 2.69 bits per heavy atom. The summed E-state index contributed by atoms with van der Waals surface area (Å²) >= 11 is 0. The average Bonchev–Trinajstić information content (AvgIpc) is 2.51. The van der Waals surface area contributed by atoms with E-state index >= 15 is 0 Å². The zero-order valence-corrected chi connectivity index (χ0v) is 9.21. The standard InChI is InChI=1S/C10H22N2O/c1-8(2)12(4)5-9-6-13-7-10(9)11-3/h8-11H,5-7H2,1-4H3. The van der Waals surface area contributed by atoms with Gasteiger partial charge in [-0.15, -0.1) is 0 Å². The van der Waals surface area contributed by atoms with Crippen LogP contribution in [-0.4, -0.2) is 50.8 Å². The second-order valence-electron chi connectivity index (χ2n) is 4.23. The van der Waals surface area contributed by atoms with Crippen molar-refractivity contribution in [3.8, 4) is 0 Å². The Morgan fingerprint density at radius 2 is 2.15 bits per heavy atom. The second kappa shape index (κ2) is 4.94. The van der Waals surface area contributed by atoms with Crippen LogP contribution in [0.15, 0.2) is 0 Å². The molecule has 0 amide bonds. The van der Waals surface area contributed by atoms with Gasteiger partial charge < -0.3 is 15.0 Å². The summed E-state index contributed by atoms with van der Waals surface area (Å²) in [5, 5.41) is 3.31. The van der Waals surface area contributed by atoms with Crippen LogP contribution in [0.25, 0.3) is 0 Å². The summed E-state index contributed by atoms with van der Waals surface area (Å²) in [6, 6.07) is 1.17. The Labute approximate surface area is 81.4 Å². The predicted molar refractivity (Wildman–Crippen MR) is 54.9 cm³/mol. The van der Waals surface area contributed by atoms with Crippen molar-refractivity contribution in [3.63, 3.8) is 0 Å². The van der Waals surface area contributed by atoms with Crippen LogP contribution in [-0.2, 0) is 4.74 Å². The van der Waals surface area contributed by atoms with E-state index in [4.69, 9.17) is 4.74 Å². The Morgan fingerprint density at radius 1 is 1.46 bits per heavy atom. The normalized spacial score (nSPS) is 29.1. The second-order valence-corrected chi connectivity index (χ2v) is 4.23. The number of ether oxygens (including phenoxy) is 1. The fraction of sp³-hybridized carbons (Fsp3) is 1.00. The van der Waals surface area contributed by atoms with Gasteiger partial charge in [-0.3, -0.25) is 0 Å². The van der Waals surface area contributed by atoms with Crippen molar-refractivity contribution in [1.82, 2.24) is 10.2 Å². The van der Waals surface area contributed by atoms with Crippen LogP contribution in [0.4, 0.5) is 0 Å². The molecule has 1 rings (SSSR count). The van der Waals surface area contributed by atoms with Crippen molar-refractivity contribution in [2.45, 2.75) is 25.9 Å². The first kappa shape index (κ1) is 11.0. The van der Waals surface area contributed by atoms with Gasteiger partial charge in [0.15, 0.2) is 0 Å². The SMILES string of the molecule is CNC1COCC1CN(C)C(C)C. The lowest BCUT2D eigenvalue weighted by molar-refractivity contribution is 0.166. The van der Waals surface area contributed by atoms with Crippen molar-refractivity contribution in [2.75, 3.05) is 33.9 Å². The zero-order valence-electron chi connectivity index (χ0n) is 9.21. The fourth-order valence-electron chi connectivity index (χ4n) is 1.68. The predicted octanol–water partition coefficient (Wildman–Crippen LogP) is 0.561. The third-order valence-corrected chi connectivity index (χ3v) is 2.97. The molecule has 1 aliphatic heterocycles. The number of likely N-dealkylation sites (N-methyl/N-ethyl adjacent to an activating group) is 1. The van der Waals surface area contributed by atoms with E-state index in [0.29, 0.717) is 18.0 Å². The molecule has 0 aromatic carbocycles. The van der Waals surface area contributed by atoms with Crippen LogP contribution < -0.4 is 5.32 Å². The van der Waals surface area contributed by atoms with Gasteiger partial charge in [-0.2, -0.15) is 0 Å². The van der Waals surface area contributed by atoms with Gasteiger partial charge >= 0.3 is 0 Å². The molecule has 2 atom stereocenters. The van der Waals surface area contributed by atoms with E-state index in [0.717, 1.165) is 19.8 Å². The molecule has 1 saturated heterocycles. The van der Waals surface area contributed by atoms with Crippen molar-refractivity contribution < 1.29 is 4.74 Å². The molecule has 0 bridgehead atoms. The summed E-state index contributed by atoms with van der Waals surface area (Å²) in [5.74, 6) is 0.650. The third-order valence-electron chi connectivity index (χ3n) is 2.97. The molecule has 3 heteroatoms. The highest BCUT2D eigenvalue weighted by Gasteiger charge is 2.27. The maximum atomic E-state index is 5.45. The van der Waals surface area contributed by atoms with Crippen LogP contribution >= 0.6 is 0 Å². The molecular formula is C10H22N2O. The Balaban J connectivity index is 2.34. The smallest absolute Gasteiger partial charge is 0.0623 e. The number of nitrogens with zero attached hydrogens (tertiary/aromatic N) is 1. The molecule has 13 heavy (non-hydrogen) atoms. The maximum Gasteiger partial charge on any atom is 0.0623 e. The maximum absolute atomic E-state index is 5.45. The van der Waals surface area contributed by atoms with E-state index < -0.39 is 0 Å². The molecule has 1 aliphatic rings. The summed E-state index contributed by atoms with van der Waals surface area (Å²) < 4.78 is 5.45. The lowest BCUT2D eigenvalue weighted by Crippen LogP contribution is -2.40. The van der Waals surface area contributed by atoms with Crippen LogP contribution in [0.3, 0.4) is 0 Å². The van der Waals surface area contributed by atoms with Gasteiger partial charge in [-0.25, -0.2) is 0 Å². The van der Waals surface area contributed by atoms with Gasteiger partial charge in [0.2, 0.25) is 0 Å². The highest BCUT2D eigenvalue weighted by molar-refractivity contribution is 4.82. The van der Waals surface area contributed by atoms with E-state index in [-0.39, 0.29) is 0 Å². The van der Waals surface area contributed by atoms with Crippen molar-refractivity contribution in [1.29, 1.82) is 0 Å². The van der Waals surface area contributed by atoms with E-state index in [2.05, 4.69) is 31.1 Å². The summed E-state index contributed by atoms with van der Waals surface area (Å²) in [6.07, 6.45) is 0. The van der Waals surface area contributed by atoms with Crippen molar-refractivity contribution in [2.24, 2.45) is 5.92 Å². The number of hydrogen-bond acceptors (Lipinski definition) is 3. The first-order valence-corrected chi connectivity index (χ1v) is 5.10. The first-order chi connectivity index (χ1) is 6.15. The quantitative estimate of drug-likeness (QED) is 0.694. The summed E-state index contributed by atoms with van der Waals surface area (Å²) in [7, 11) is 4.19. The molecule has 0 saturated carbocycles. The van der Waals surface area contributed by atoms with Crippen molar-refractivity contribution in [3.05, 3.63) is 0 Å². The largest absolute Gasteiger partial charge is 0.379 e. The minimum absolute atomic E-state index is 0.543. The van der Waals surface area contributed by atoms with E-state index in [1.54, 1.807) is 0 Å². The number of rotatable bonds is 4. The molecule has 0 radical (unpaired) electrons. The van der Waals surface area contributed by atoms with Gasteiger partial charge in [-0.05, 0) is 27.9 Å². The molecule has 0 spiro atoms. The van der Waals surface area contributed by atoms with Crippen LogP contribution in [0, 0.1) is 5.92 Å². The Bertz CT molecular complexity index is 150. The Kier molecular flexibility index (Phi) is 4.16. The van der Waals surface area contributed by atoms with Gasteiger partial charge in [-0.1, -0.05) is 0 Å². The van der Waals surface area contributed by atoms with E-state index in [1.807, 2.05) is 7.05 Å². The summed E-state index contributed by atoms with van der Waals surface area (Å²) in [5.41, 5.74) is 0. The third kappa shape index (κ3) is 2.93. The number of nitrogens with one attached hydrogen (secondary N) is 1. The summed E-state index contributed by atoms with van der Waals surface area (Å²) in [4.78, 5) is 2.38.